The maximum atomic E-state index is 12.6. The first-order valence-electron chi connectivity index (χ1n) is 7.99. The topological polar surface area (TPSA) is 98.2 Å². The van der Waals surface area contributed by atoms with E-state index in [4.69, 9.17) is 5.11 Å². The summed E-state index contributed by atoms with van der Waals surface area (Å²) in [5.74, 6) is -1.19. The number of carboxylic acid groups (broad SMARTS) is 1. The molecule has 0 saturated carbocycles. The molecule has 146 valence electrons. The van der Waals surface area contributed by atoms with Gasteiger partial charge in [-0.15, -0.1) is 12.4 Å². The van der Waals surface area contributed by atoms with Gasteiger partial charge in [0.05, 0.1) is 11.4 Å². The lowest BCUT2D eigenvalue weighted by molar-refractivity contribution is -0.143. The molecule has 0 aliphatic carbocycles. The molecule has 1 fully saturated rings. The van der Waals surface area contributed by atoms with Crippen LogP contribution in [0, 0.1) is 0 Å². The van der Waals surface area contributed by atoms with Gasteiger partial charge in [0.2, 0.25) is 15.9 Å². The third-order valence-corrected chi connectivity index (χ3v) is 6.29. The van der Waals surface area contributed by atoms with Crippen molar-refractivity contribution in [3.63, 3.8) is 0 Å². The Hall–Kier alpha value is -1.68. The average molecular weight is 406 g/mol. The molecule has 1 aliphatic heterocycles. The number of hydrogen-bond acceptors (Lipinski definition) is 5. The number of carbonyl (C=O) groups excluding carboxylic acids is 1. The van der Waals surface area contributed by atoms with E-state index in [1.165, 1.54) is 16.1 Å². The van der Waals surface area contributed by atoms with Crippen LogP contribution in [0.1, 0.15) is 6.92 Å². The van der Waals surface area contributed by atoms with Crippen LogP contribution in [-0.4, -0.2) is 85.3 Å². The molecule has 2 rings (SSSR count). The Bertz CT molecular complexity index is 721. The summed E-state index contributed by atoms with van der Waals surface area (Å²) in [5, 5.41) is 8.97. The first kappa shape index (κ1) is 22.4. The highest BCUT2D eigenvalue weighted by atomic mass is 35.5. The number of piperazine rings is 1. The first-order chi connectivity index (χ1) is 11.7. The number of hydrogen-bond donors (Lipinski definition) is 1. The Morgan fingerprint density at radius 1 is 1.15 bits per heavy atom. The Morgan fingerprint density at radius 2 is 1.69 bits per heavy atom. The summed E-state index contributed by atoms with van der Waals surface area (Å²) in [6, 6.07) is 7.44. The van der Waals surface area contributed by atoms with Gasteiger partial charge in [0.15, 0.2) is 0 Å². The molecule has 1 atom stereocenters. The van der Waals surface area contributed by atoms with Crippen LogP contribution in [0.4, 0.5) is 0 Å². The van der Waals surface area contributed by atoms with Gasteiger partial charge in [-0.25, -0.2) is 8.42 Å². The molecule has 10 heteroatoms. The number of nitrogens with zero attached hydrogens (tertiary/aromatic N) is 3. The quantitative estimate of drug-likeness (QED) is 0.733. The third kappa shape index (κ3) is 5.16. The van der Waals surface area contributed by atoms with Crippen LogP contribution in [0.5, 0.6) is 0 Å². The Morgan fingerprint density at radius 3 is 2.19 bits per heavy atom. The number of likely N-dealkylation sites (N-methyl/N-ethyl adjacent to an activating group) is 1. The molecule has 26 heavy (non-hydrogen) atoms. The summed E-state index contributed by atoms with van der Waals surface area (Å²) in [6.07, 6.45) is 0. The van der Waals surface area contributed by atoms with E-state index in [1.807, 2.05) is 0 Å². The van der Waals surface area contributed by atoms with Crippen LogP contribution in [-0.2, 0) is 19.6 Å². The molecule has 1 unspecified atom stereocenters. The summed E-state index contributed by atoms with van der Waals surface area (Å²) < 4.78 is 26.5. The molecular formula is C16H24ClN3O5S. The fourth-order valence-corrected chi connectivity index (χ4v) is 4.00. The maximum Gasteiger partial charge on any atom is 0.320 e. The second-order valence-electron chi connectivity index (χ2n) is 6.03. The van der Waals surface area contributed by atoms with Crippen LogP contribution in [0.15, 0.2) is 35.2 Å². The predicted octanol–water partition coefficient (Wildman–Crippen LogP) is 0.346. The second kappa shape index (κ2) is 9.31. The van der Waals surface area contributed by atoms with Gasteiger partial charge in [-0.1, -0.05) is 18.2 Å². The number of sulfonamides is 1. The van der Waals surface area contributed by atoms with Crippen molar-refractivity contribution >= 4 is 34.3 Å². The van der Waals surface area contributed by atoms with E-state index in [0.29, 0.717) is 13.1 Å². The number of rotatable bonds is 6. The fraction of sp³-hybridized carbons (Fsp3) is 0.500. The lowest BCUT2D eigenvalue weighted by atomic mass is 10.3. The molecule has 8 nitrogen and oxygen atoms in total. The lowest BCUT2D eigenvalue weighted by Crippen LogP contribution is -2.53. The summed E-state index contributed by atoms with van der Waals surface area (Å²) in [4.78, 5) is 26.5. The number of halogens is 1. The van der Waals surface area contributed by atoms with Gasteiger partial charge >= 0.3 is 5.97 Å². The average Bonchev–Trinajstić information content (AvgIpc) is 2.61. The number of amides is 1. The zero-order valence-corrected chi connectivity index (χ0v) is 16.4. The van der Waals surface area contributed by atoms with Gasteiger partial charge in [-0.3, -0.25) is 14.5 Å². The minimum absolute atomic E-state index is 0. The van der Waals surface area contributed by atoms with Crippen LogP contribution in [0.3, 0.4) is 0 Å². The number of aliphatic carboxylic acids is 1. The Balaban J connectivity index is 0.00000338. The molecule has 0 aromatic heterocycles. The molecule has 0 spiro atoms. The Kier molecular flexibility index (Phi) is 8.01. The predicted molar refractivity (Wildman–Crippen MR) is 98.8 cm³/mol. The van der Waals surface area contributed by atoms with Crippen molar-refractivity contribution < 1.29 is 23.1 Å². The van der Waals surface area contributed by atoms with E-state index < -0.39 is 22.0 Å². The van der Waals surface area contributed by atoms with Crippen molar-refractivity contribution in [3.8, 4) is 0 Å². The monoisotopic (exact) mass is 405 g/mol. The van der Waals surface area contributed by atoms with Gasteiger partial charge in [-0.05, 0) is 26.1 Å². The molecule has 1 saturated heterocycles. The number of carbonyl (C=O) groups is 2. The highest BCUT2D eigenvalue weighted by Crippen LogP contribution is 2.17. The molecule has 1 aliphatic rings. The van der Waals surface area contributed by atoms with Crippen LogP contribution >= 0.6 is 12.4 Å². The molecule has 0 bridgehead atoms. The van der Waals surface area contributed by atoms with Crippen molar-refractivity contribution in [3.05, 3.63) is 30.3 Å². The molecule has 1 N–H and O–H groups in total. The van der Waals surface area contributed by atoms with Gasteiger partial charge < -0.3 is 10.0 Å². The zero-order chi connectivity index (χ0) is 18.6. The van der Waals surface area contributed by atoms with E-state index in [-0.39, 0.29) is 42.8 Å². The number of benzene rings is 1. The summed E-state index contributed by atoms with van der Waals surface area (Å²) in [6.45, 7) is 2.53. The molecular weight excluding hydrogens is 382 g/mol. The normalized spacial score (nSPS) is 16.8. The van der Waals surface area contributed by atoms with Crippen LogP contribution in [0.25, 0.3) is 0 Å². The van der Waals surface area contributed by atoms with Gasteiger partial charge in [0.1, 0.15) is 6.04 Å². The largest absolute Gasteiger partial charge is 0.480 e. The second-order valence-corrected chi connectivity index (χ2v) is 7.97. The van der Waals surface area contributed by atoms with E-state index in [2.05, 4.69) is 0 Å². The molecule has 1 aromatic rings. The summed E-state index contributed by atoms with van der Waals surface area (Å²) >= 11 is 0. The summed E-state index contributed by atoms with van der Waals surface area (Å²) in [5.41, 5.74) is 0. The van der Waals surface area contributed by atoms with E-state index in [0.717, 1.165) is 0 Å². The van der Waals surface area contributed by atoms with Crippen molar-refractivity contribution in [2.24, 2.45) is 0 Å². The smallest absolute Gasteiger partial charge is 0.320 e. The molecule has 0 radical (unpaired) electrons. The summed E-state index contributed by atoms with van der Waals surface area (Å²) in [7, 11) is -1.98. The van der Waals surface area contributed by atoms with Gasteiger partial charge in [0.25, 0.3) is 0 Å². The van der Waals surface area contributed by atoms with Gasteiger partial charge in [-0.2, -0.15) is 4.31 Å². The Labute approximate surface area is 159 Å². The van der Waals surface area contributed by atoms with E-state index in [1.54, 1.807) is 42.3 Å². The molecule has 1 amide bonds. The van der Waals surface area contributed by atoms with E-state index in [9.17, 15) is 18.0 Å². The minimum Gasteiger partial charge on any atom is -0.480 e. The standard InChI is InChI=1S/C16H23N3O5S.ClH/c1-13(16(21)22)17(2)12-15(20)18-8-10-19(11-9-18)25(23,24)14-6-4-3-5-7-14;/h3-7,13H,8-12H2,1-2H3,(H,21,22);1H. The molecule has 1 heterocycles. The van der Waals surface area contributed by atoms with Crippen molar-refractivity contribution in [2.75, 3.05) is 39.8 Å². The van der Waals surface area contributed by atoms with Crippen molar-refractivity contribution in [1.82, 2.24) is 14.1 Å². The van der Waals surface area contributed by atoms with Crippen LogP contribution < -0.4 is 0 Å². The zero-order valence-electron chi connectivity index (χ0n) is 14.7. The third-order valence-electron chi connectivity index (χ3n) is 4.38. The highest BCUT2D eigenvalue weighted by molar-refractivity contribution is 7.89. The first-order valence-corrected chi connectivity index (χ1v) is 9.43. The van der Waals surface area contributed by atoms with Crippen LogP contribution in [0.2, 0.25) is 0 Å². The molecule has 1 aromatic carbocycles. The van der Waals surface area contributed by atoms with Gasteiger partial charge in [0, 0.05) is 26.2 Å². The minimum atomic E-state index is -3.55. The fourth-order valence-electron chi connectivity index (χ4n) is 2.56. The van der Waals surface area contributed by atoms with Crippen molar-refractivity contribution in [1.29, 1.82) is 0 Å². The SMILES string of the molecule is CC(C(=O)O)N(C)CC(=O)N1CCN(S(=O)(=O)c2ccccc2)CC1.Cl. The maximum absolute atomic E-state index is 12.6. The van der Waals surface area contributed by atoms with Crippen molar-refractivity contribution in [2.45, 2.75) is 17.9 Å². The van der Waals surface area contributed by atoms with E-state index >= 15 is 0 Å². The lowest BCUT2D eigenvalue weighted by Gasteiger charge is -2.35. The highest BCUT2D eigenvalue weighted by Gasteiger charge is 2.30. The number of carboxylic acids is 1.